The Kier molecular flexibility index (Phi) is 11.1. The molecule has 3 amide bonds. The standard InChI is InChI=1S/C34H43F4N5O6S/c1-19-26(50-18-41-19)21-5-6-22(25(13-21)48-17-20-7-11-39-12-8-20)15-40-28(44)24-14-23(49-31(47)34(36,37)38)16-43(24)29(45)27(32(2,3)4)42-30(46)33(35)9-10-33/h5-6,13,18,20,23-24,27,39H,7-12,14-17H2,1-4H3,(H,40,44)(H,42,46)/t23-,24+,27-/m1/s1. The van der Waals surface area contributed by atoms with E-state index < -0.39 is 72.1 Å². The summed E-state index contributed by atoms with van der Waals surface area (Å²) in [5.74, 6) is -4.06. The number of piperidine rings is 1. The monoisotopic (exact) mass is 725 g/mol. The summed E-state index contributed by atoms with van der Waals surface area (Å²) < 4.78 is 64.9. The van der Waals surface area contributed by atoms with Gasteiger partial charge >= 0.3 is 12.1 Å². The van der Waals surface area contributed by atoms with Crippen molar-refractivity contribution in [2.75, 3.05) is 26.2 Å². The number of ether oxygens (including phenoxy) is 2. The Balaban J connectivity index is 1.36. The number of thiazole rings is 1. The van der Waals surface area contributed by atoms with E-state index in [0.717, 1.165) is 47.0 Å². The molecule has 3 atom stereocenters. The van der Waals surface area contributed by atoms with Crippen LogP contribution in [0.15, 0.2) is 23.7 Å². The number of alkyl halides is 4. The molecule has 2 aromatic rings. The molecule has 274 valence electrons. The number of aromatic nitrogens is 1. The summed E-state index contributed by atoms with van der Waals surface area (Å²) in [6, 6.07) is 2.90. The molecule has 1 saturated carbocycles. The number of benzene rings is 1. The fraction of sp³-hybridized carbons (Fsp3) is 0.618. The van der Waals surface area contributed by atoms with Gasteiger partial charge in [-0.3, -0.25) is 14.4 Å². The van der Waals surface area contributed by atoms with Gasteiger partial charge in [0.1, 0.15) is 23.9 Å². The van der Waals surface area contributed by atoms with E-state index in [1.807, 2.05) is 25.1 Å². The summed E-state index contributed by atoms with van der Waals surface area (Å²) in [6.45, 7) is 8.45. The number of hydrogen-bond donors (Lipinski definition) is 3. The second-order valence-corrected chi connectivity index (χ2v) is 15.2. The van der Waals surface area contributed by atoms with Crippen molar-refractivity contribution < 1.29 is 46.2 Å². The summed E-state index contributed by atoms with van der Waals surface area (Å²) in [7, 11) is 0. The minimum absolute atomic E-state index is 0.00245. The fourth-order valence-corrected chi connectivity index (χ4v) is 6.92. The normalized spacial score (nSPS) is 21.3. The van der Waals surface area contributed by atoms with Crippen LogP contribution >= 0.6 is 11.3 Å². The van der Waals surface area contributed by atoms with Gasteiger partial charge in [-0.1, -0.05) is 32.9 Å². The number of likely N-dealkylation sites (tertiary alicyclic amines) is 1. The van der Waals surface area contributed by atoms with Crippen LogP contribution in [0.3, 0.4) is 0 Å². The molecule has 0 bridgehead atoms. The van der Waals surface area contributed by atoms with Crippen molar-refractivity contribution in [2.45, 2.75) is 96.4 Å². The van der Waals surface area contributed by atoms with E-state index in [4.69, 9.17) is 4.74 Å². The van der Waals surface area contributed by atoms with Gasteiger partial charge in [-0.2, -0.15) is 13.2 Å². The second-order valence-electron chi connectivity index (χ2n) is 14.3. The predicted octanol–water partition coefficient (Wildman–Crippen LogP) is 4.22. The number of aryl methyl sites for hydroxylation is 1. The molecule has 3 fully saturated rings. The lowest BCUT2D eigenvalue weighted by molar-refractivity contribution is -0.204. The zero-order chi connectivity index (χ0) is 36.4. The van der Waals surface area contributed by atoms with Gasteiger partial charge in [-0.15, -0.1) is 11.3 Å². The zero-order valence-electron chi connectivity index (χ0n) is 28.5. The molecule has 3 heterocycles. The third-order valence-corrected chi connectivity index (χ3v) is 10.3. The molecular formula is C34H43F4N5O6S. The smallest absolute Gasteiger partial charge is 0.490 e. The van der Waals surface area contributed by atoms with Crippen LogP contribution in [0.5, 0.6) is 5.75 Å². The molecule has 1 aliphatic carbocycles. The Hall–Kier alpha value is -3.79. The number of esters is 1. The van der Waals surface area contributed by atoms with Crippen molar-refractivity contribution in [1.82, 2.24) is 25.8 Å². The lowest BCUT2D eigenvalue weighted by Gasteiger charge is -2.35. The van der Waals surface area contributed by atoms with Crippen molar-refractivity contribution in [3.63, 3.8) is 0 Å². The van der Waals surface area contributed by atoms with Gasteiger partial charge in [0.25, 0.3) is 5.91 Å². The summed E-state index contributed by atoms with van der Waals surface area (Å²) in [5.41, 5.74) is 1.05. The Morgan fingerprint density at radius 1 is 1.14 bits per heavy atom. The van der Waals surface area contributed by atoms with Crippen LogP contribution in [-0.4, -0.2) is 89.8 Å². The van der Waals surface area contributed by atoms with Crippen LogP contribution in [0.4, 0.5) is 17.6 Å². The molecule has 16 heteroatoms. The van der Waals surface area contributed by atoms with E-state index in [-0.39, 0.29) is 19.4 Å². The average molecular weight is 726 g/mol. The lowest BCUT2D eigenvalue weighted by atomic mass is 9.85. The van der Waals surface area contributed by atoms with Gasteiger partial charge in [-0.25, -0.2) is 14.2 Å². The first-order valence-corrected chi connectivity index (χ1v) is 17.6. The maximum absolute atomic E-state index is 14.6. The van der Waals surface area contributed by atoms with E-state index in [9.17, 15) is 36.7 Å². The summed E-state index contributed by atoms with van der Waals surface area (Å²) in [6.07, 6.45) is -5.25. The largest absolute Gasteiger partial charge is 0.493 e. The van der Waals surface area contributed by atoms with Gasteiger partial charge in [0.15, 0.2) is 5.67 Å². The fourth-order valence-electron chi connectivity index (χ4n) is 6.12. The van der Waals surface area contributed by atoms with Crippen LogP contribution < -0.4 is 20.7 Å². The maximum Gasteiger partial charge on any atom is 0.490 e. The van der Waals surface area contributed by atoms with Gasteiger partial charge < -0.3 is 30.3 Å². The van der Waals surface area contributed by atoms with Crippen LogP contribution in [0, 0.1) is 18.3 Å². The molecular weight excluding hydrogens is 682 g/mol. The number of halogens is 4. The van der Waals surface area contributed by atoms with Crippen molar-refractivity contribution in [2.24, 2.45) is 11.3 Å². The summed E-state index contributed by atoms with van der Waals surface area (Å²) in [5, 5.41) is 8.56. The Bertz CT molecular complexity index is 1580. The molecule has 50 heavy (non-hydrogen) atoms. The lowest BCUT2D eigenvalue weighted by Crippen LogP contribution is -2.59. The van der Waals surface area contributed by atoms with E-state index in [2.05, 4.69) is 25.7 Å². The van der Waals surface area contributed by atoms with Crippen LogP contribution in [0.25, 0.3) is 10.4 Å². The molecule has 5 rings (SSSR count). The van der Waals surface area contributed by atoms with Crippen LogP contribution in [0.2, 0.25) is 0 Å². The number of nitrogens with one attached hydrogen (secondary N) is 3. The van der Waals surface area contributed by atoms with Crippen LogP contribution in [0.1, 0.15) is 64.1 Å². The topological polar surface area (TPSA) is 139 Å². The highest BCUT2D eigenvalue weighted by Gasteiger charge is 2.54. The van der Waals surface area contributed by atoms with Crippen molar-refractivity contribution in [1.29, 1.82) is 0 Å². The first-order valence-electron chi connectivity index (χ1n) is 16.7. The van der Waals surface area contributed by atoms with E-state index in [0.29, 0.717) is 23.8 Å². The first kappa shape index (κ1) is 37.5. The molecule has 0 spiro atoms. The van der Waals surface area contributed by atoms with Gasteiger partial charge in [0.2, 0.25) is 11.8 Å². The highest BCUT2D eigenvalue weighted by atomic mass is 32.1. The van der Waals surface area contributed by atoms with Gasteiger partial charge in [-0.05, 0) is 68.7 Å². The molecule has 1 aromatic carbocycles. The van der Waals surface area contributed by atoms with Crippen molar-refractivity contribution >= 4 is 35.0 Å². The quantitative estimate of drug-likeness (QED) is 0.231. The number of carbonyl (C=O) groups is 4. The minimum Gasteiger partial charge on any atom is -0.493 e. The second kappa shape index (κ2) is 14.8. The number of hydrogen-bond acceptors (Lipinski definition) is 9. The Labute approximate surface area is 291 Å². The molecule has 3 N–H and O–H groups in total. The van der Waals surface area contributed by atoms with Crippen molar-refractivity contribution in [3.05, 3.63) is 35.0 Å². The molecule has 3 aliphatic rings. The third kappa shape index (κ3) is 8.92. The highest BCUT2D eigenvalue weighted by molar-refractivity contribution is 7.13. The number of amides is 3. The molecule has 0 radical (unpaired) electrons. The zero-order valence-corrected chi connectivity index (χ0v) is 29.3. The summed E-state index contributed by atoms with van der Waals surface area (Å²) >= 11 is 1.48. The average Bonchev–Trinajstić information content (AvgIpc) is 3.45. The van der Waals surface area contributed by atoms with E-state index >= 15 is 0 Å². The SMILES string of the molecule is Cc1ncsc1-c1ccc(CNC(=O)[C@@H]2C[C@@H](OC(=O)C(F)(F)F)CN2C(=O)[C@@H](NC(=O)C2(F)CC2)C(C)(C)C)c(OCC2CCNCC2)c1. The summed E-state index contributed by atoms with van der Waals surface area (Å²) in [4.78, 5) is 58.4. The number of rotatable bonds is 11. The predicted molar refractivity (Wildman–Crippen MR) is 176 cm³/mol. The number of nitrogens with zero attached hydrogens (tertiary/aromatic N) is 2. The van der Waals surface area contributed by atoms with E-state index in [1.54, 1.807) is 26.3 Å². The van der Waals surface area contributed by atoms with Gasteiger partial charge in [0.05, 0.1) is 29.2 Å². The molecule has 11 nitrogen and oxygen atoms in total. The molecule has 2 saturated heterocycles. The Morgan fingerprint density at radius 2 is 1.84 bits per heavy atom. The number of carbonyl (C=O) groups excluding carboxylic acids is 4. The molecule has 1 aromatic heterocycles. The third-order valence-electron chi connectivity index (χ3n) is 9.30. The molecule has 2 aliphatic heterocycles. The maximum atomic E-state index is 14.6. The highest BCUT2D eigenvalue weighted by Crippen LogP contribution is 2.40. The molecule has 0 unspecified atom stereocenters. The van der Waals surface area contributed by atoms with Crippen molar-refractivity contribution in [3.8, 4) is 16.2 Å². The van der Waals surface area contributed by atoms with E-state index in [1.165, 1.54) is 11.3 Å². The van der Waals surface area contributed by atoms with Crippen LogP contribution in [-0.2, 0) is 30.5 Å². The minimum atomic E-state index is -5.29. The first-order chi connectivity index (χ1) is 23.5. The Morgan fingerprint density at radius 3 is 2.44 bits per heavy atom. The van der Waals surface area contributed by atoms with Gasteiger partial charge in [0, 0.05) is 18.5 Å².